The van der Waals surface area contributed by atoms with Crippen LogP contribution in [0, 0.1) is 5.92 Å². The van der Waals surface area contributed by atoms with Gasteiger partial charge in [0.05, 0.1) is 24.2 Å². The molecule has 5 heteroatoms. The van der Waals surface area contributed by atoms with Crippen LogP contribution in [-0.2, 0) is 11.3 Å². The topological polar surface area (TPSA) is 27.1 Å². The van der Waals surface area contributed by atoms with E-state index >= 15 is 0 Å². The summed E-state index contributed by atoms with van der Waals surface area (Å²) < 4.78 is 7.78. The van der Waals surface area contributed by atoms with Gasteiger partial charge >= 0.3 is 0 Å². The van der Waals surface area contributed by atoms with Gasteiger partial charge in [-0.2, -0.15) is 0 Å². The van der Waals surface area contributed by atoms with Crippen LogP contribution in [0.1, 0.15) is 12.0 Å². The van der Waals surface area contributed by atoms with E-state index in [-0.39, 0.29) is 0 Å². The van der Waals surface area contributed by atoms with E-state index < -0.39 is 0 Å². The molecule has 1 aromatic heterocycles. The molecular formula is C19H19ClN2OS. The minimum Gasteiger partial charge on any atom is -0.381 e. The lowest BCUT2D eigenvalue weighted by Gasteiger charge is -2.11. The predicted octanol–water partition coefficient (Wildman–Crippen LogP) is 4.87. The Balaban J connectivity index is 1.66. The second kappa shape index (κ2) is 7.18. The molecule has 0 radical (unpaired) electrons. The maximum Gasteiger partial charge on any atom is 0.169 e. The van der Waals surface area contributed by atoms with Crippen LogP contribution < -0.4 is 0 Å². The van der Waals surface area contributed by atoms with Crippen molar-refractivity contribution in [3.63, 3.8) is 0 Å². The summed E-state index contributed by atoms with van der Waals surface area (Å²) in [5, 5.41) is 1.79. The summed E-state index contributed by atoms with van der Waals surface area (Å²) in [7, 11) is 0. The molecule has 2 heterocycles. The lowest BCUT2D eigenvalue weighted by Crippen LogP contribution is -2.06. The normalized spacial score (nSPS) is 17.6. The van der Waals surface area contributed by atoms with E-state index in [1.165, 1.54) is 5.56 Å². The monoisotopic (exact) mass is 358 g/mol. The van der Waals surface area contributed by atoms with Crippen molar-refractivity contribution in [1.82, 2.24) is 9.55 Å². The number of imidazole rings is 1. The molecule has 0 spiro atoms. The Morgan fingerprint density at radius 3 is 2.88 bits per heavy atom. The second-order valence-corrected chi connectivity index (χ2v) is 7.56. The average Bonchev–Trinajstić information content (AvgIpc) is 3.22. The van der Waals surface area contributed by atoms with Crippen LogP contribution in [0.2, 0.25) is 5.02 Å². The lowest BCUT2D eigenvalue weighted by atomic mass is 10.2. The van der Waals surface area contributed by atoms with E-state index in [9.17, 15) is 0 Å². The molecule has 1 unspecified atom stereocenters. The molecule has 0 saturated carbocycles. The van der Waals surface area contributed by atoms with Gasteiger partial charge in [-0.05, 0) is 36.1 Å². The number of thioether (sulfide) groups is 1. The molecule has 3 aromatic rings. The Hall–Kier alpha value is -1.49. The zero-order chi connectivity index (χ0) is 16.4. The second-order valence-electron chi connectivity index (χ2n) is 6.14. The quantitative estimate of drug-likeness (QED) is 0.609. The van der Waals surface area contributed by atoms with Crippen molar-refractivity contribution in [2.45, 2.75) is 18.1 Å². The number of hydrogen-bond donors (Lipinski definition) is 0. The fraction of sp³-hybridized carbons (Fsp3) is 0.316. The van der Waals surface area contributed by atoms with E-state index in [1.807, 2.05) is 30.0 Å². The Kier molecular flexibility index (Phi) is 4.79. The molecule has 3 nitrogen and oxygen atoms in total. The van der Waals surface area contributed by atoms with Gasteiger partial charge in [0.15, 0.2) is 5.16 Å². The molecule has 1 aliphatic heterocycles. The van der Waals surface area contributed by atoms with Crippen LogP contribution in [0.4, 0.5) is 0 Å². The molecule has 1 aliphatic rings. The highest BCUT2D eigenvalue weighted by molar-refractivity contribution is 7.99. The molecule has 0 N–H and O–H groups in total. The summed E-state index contributed by atoms with van der Waals surface area (Å²) in [5.74, 6) is 1.68. The Morgan fingerprint density at radius 2 is 2.08 bits per heavy atom. The highest BCUT2D eigenvalue weighted by Crippen LogP contribution is 2.29. The molecule has 124 valence electrons. The van der Waals surface area contributed by atoms with Crippen molar-refractivity contribution in [3.05, 3.63) is 59.1 Å². The highest BCUT2D eigenvalue weighted by Gasteiger charge is 2.18. The molecule has 0 bridgehead atoms. The van der Waals surface area contributed by atoms with E-state index in [1.54, 1.807) is 0 Å². The SMILES string of the molecule is Clc1ccc2c(c1)nc(SCC1CCOC1)n2Cc1ccccc1. The molecule has 1 saturated heterocycles. The van der Waals surface area contributed by atoms with Crippen molar-refractivity contribution < 1.29 is 4.74 Å². The van der Waals surface area contributed by atoms with Gasteiger partial charge < -0.3 is 9.30 Å². The predicted molar refractivity (Wildman–Crippen MR) is 99.9 cm³/mol. The van der Waals surface area contributed by atoms with Crippen LogP contribution in [0.3, 0.4) is 0 Å². The summed E-state index contributed by atoms with van der Waals surface area (Å²) in [5.41, 5.74) is 3.37. The lowest BCUT2D eigenvalue weighted by molar-refractivity contribution is 0.189. The molecule has 1 atom stereocenters. The van der Waals surface area contributed by atoms with Crippen LogP contribution >= 0.6 is 23.4 Å². The smallest absolute Gasteiger partial charge is 0.169 e. The minimum atomic E-state index is 0.628. The van der Waals surface area contributed by atoms with Crippen molar-refractivity contribution in [3.8, 4) is 0 Å². The van der Waals surface area contributed by atoms with Crippen molar-refractivity contribution in [2.24, 2.45) is 5.92 Å². The highest BCUT2D eigenvalue weighted by atomic mass is 35.5. The fourth-order valence-corrected chi connectivity index (χ4v) is 4.31. The number of ether oxygens (including phenoxy) is 1. The zero-order valence-electron chi connectivity index (χ0n) is 13.3. The van der Waals surface area contributed by atoms with Crippen LogP contribution in [-0.4, -0.2) is 28.5 Å². The number of nitrogens with zero attached hydrogens (tertiary/aromatic N) is 2. The van der Waals surface area contributed by atoms with Gasteiger partial charge in [0.2, 0.25) is 0 Å². The summed E-state index contributed by atoms with van der Waals surface area (Å²) in [4.78, 5) is 4.83. The third-order valence-corrected chi connectivity index (χ3v) is 5.77. The molecule has 2 aromatic carbocycles. The van der Waals surface area contributed by atoms with E-state index in [2.05, 4.69) is 34.9 Å². The van der Waals surface area contributed by atoms with Gasteiger partial charge in [0.1, 0.15) is 0 Å². The molecule has 0 aliphatic carbocycles. The van der Waals surface area contributed by atoms with Crippen molar-refractivity contribution in [2.75, 3.05) is 19.0 Å². The number of rotatable bonds is 5. The van der Waals surface area contributed by atoms with Gasteiger partial charge in [-0.3, -0.25) is 0 Å². The first-order valence-corrected chi connectivity index (χ1v) is 9.56. The summed E-state index contributed by atoms with van der Waals surface area (Å²) in [6.07, 6.45) is 1.15. The van der Waals surface area contributed by atoms with Gasteiger partial charge in [-0.1, -0.05) is 53.7 Å². The standard InChI is InChI=1S/C19H19ClN2OS/c20-16-6-7-18-17(10-16)21-19(24-13-15-8-9-23-12-15)22(18)11-14-4-2-1-3-5-14/h1-7,10,15H,8-9,11-13H2. The Bertz CT molecular complexity index is 828. The van der Waals surface area contributed by atoms with E-state index in [0.29, 0.717) is 5.92 Å². The number of halogens is 1. The Labute approximate surface area is 151 Å². The summed E-state index contributed by atoms with van der Waals surface area (Å²) in [6.45, 7) is 2.58. The first-order valence-electron chi connectivity index (χ1n) is 8.20. The molecule has 24 heavy (non-hydrogen) atoms. The summed E-state index contributed by atoms with van der Waals surface area (Å²) >= 11 is 7.97. The van der Waals surface area contributed by atoms with Crippen molar-refractivity contribution >= 4 is 34.4 Å². The maximum absolute atomic E-state index is 6.15. The first-order chi connectivity index (χ1) is 11.8. The third-order valence-electron chi connectivity index (χ3n) is 4.33. The average molecular weight is 359 g/mol. The molecule has 1 fully saturated rings. The van der Waals surface area contributed by atoms with Crippen molar-refractivity contribution in [1.29, 1.82) is 0 Å². The van der Waals surface area contributed by atoms with Crippen LogP contribution in [0.25, 0.3) is 11.0 Å². The summed E-state index contributed by atoms with van der Waals surface area (Å²) in [6, 6.07) is 16.5. The van der Waals surface area contributed by atoms with Crippen LogP contribution in [0.5, 0.6) is 0 Å². The molecular weight excluding hydrogens is 340 g/mol. The number of hydrogen-bond acceptors (Lipinski definition) is 3. The minimum absolute atomic E-state index is 0.628. The first kappa shape index (κ1) is 16.0. The number of benzene rings is 2. The molecule has 4 rings (SSSR count). The fourth-order valence-electron chi connectivity index (χ4n) is 3.02. The van der Waals surface area contributed by atoms with Gasteiger partial charge in [0, 0.05) is 17.4 Å². The van der Waals surface area contributed by atoms with Gasteiger partial charge in [-0.25, -0.2) is 4.98 Å². The Morgan fingerprint density at radius 1 is 1.21 bits per heavy atom. The van der Waals surface area contributed by atoms with Crippen LogP contribution in [0.15, 0.2) is 53.7 Å². The largest absolute Gasteiger partial charge is 0.381 e. The molecule has 0 amide bonds. The third kappa shape index (κ3) is 3.46. The number of aromatic nitrogens is 2. The van der Waals surface area contributed by atoms with E-state index in [0.717, 1.165) is 53.1 Å². The zero-order valence-corrected chi connectivity index (χ0v) is 14.9. The van der Waals surface area contributed by atoms with Gasteiger partial charge in [0.25, 0.3) is 0 Å². The maximum atomic E-state index is 6.15. The number of fused-ring (bicyclic) bond motifs is 1. The van der Waals surface area contributed by atoms with Gasteiger partial charge in [-0.15, -0.1) is 0 Å². The van der Waals surface area contributed by atoms with E-state index in [4.69, 9.17) is 21.3 Å².